The van der Waals surface area contributed by atoms with Crippen LogP contribution in [0.1, 0.15) is 35.7 Å². The van der Waals surface area contributed by atoms with Crippen molar-refractivity contribution >= 4 is 11.6 Å². The summed E-state index contributed by atoms with van der Waals surface area (Å²) < 4.78 is 13.7. The smallest absolute Gasteiger partial charge is 0.254 e. The monoisotopic (exact) mass is 254 g/mol. The first-order valence-corrected chi connectivity index (χ1v) is 5.97. The fraction of sp³-hybridized carbons (Fsp3) is 0.462. The van der Waals surface area contributed by atoms with Crippen molar-refractivity contribution in [3.63, 3.8) is 0 Å². The number of benzene rings is 1. The SMILES string of the molecule is CCCC(O)CNC(=O)c1cc(N)cc(C)c1F. The number of hydrogen-bond acceptors (Lipinski definition) is 3. The molecule has 4 N–H and O–H groups in total. The van der Waals surface area contributed by atoms with E-state index in [0.717, 1.165) is 6.42 Å². The van der Waals surface area contributed by atoms with Crippen LogP contribution < -0.4 is 11.1 Å². The second kappa shape index (κ2) is 6.35. The number of carbonyl (C=O) groups is 1. The molecule has 0 aromatic heterocycles. The molecular weight excluding hydrogens is 235 g/mol. The van der Waals surface area contributed by atoms with Crippen LogP contribution in [0.4, 0.5) is 10.1 Å². The molecule has 0 fully saturated rings. The first-order chi connectivity index (χ1) is 8.45. The quantitative estimate of drug-likeness (QED) is 0.699. The fourth-order valence-electron chi connectivity index (χ4n) is 1.70. The zero-order valence-electron chi connectivity index (χ0n) is 10.7. The number of anilines is 1. The van der Waals surface area contributed by atoms with E-state index in [-0.39, 0.29) is 12.1 Å². The van der Waals surface area contributed by atoms with Gasteiger partial charge in [-0.1, -0.05) is 13.3 Å². The van der Waals surface area contributed by atoms with E-state index in [1.165, 1.54) is 12.1 Å². The van der Waals surface area contributed by atoms with Crippen LogP contribution in [0.25, 0.3) is 0 Å². The van der Waals surface area contributed by atoms with Gasteiger partial charge in [0.05, 0.1) is 11.7 Å². The minimum absolute atomic E-state index is 0.0869. The molecule has 0 spiro atoms. The minimum atomic E-state index is -0.607. The van der Waals surface area contributed by atoms with E-state index in [1.807, 2.05) is 6.92 Å². The second-order valence-corrected chi connectivity index (χ2v) is 4.35. The van der Waals surface area contributed by atoms with Gasteiger partial charge in [-0.25, -0.2) is 4.39 Å². The molecular formula is C13H19FN2O2. The van der Waals surface area contributed by atoms with E-state index in [1.54, 1.807) is 6.92 Å². The molecule has 0 aliphatic heterocycles. The molecule has 1 aromatic rings. The Morgan fingerprint density at radius 1 is 1.56 bits per heavy atom. The Morgan fingerprint density at radius 2 is 2.22 bits per heavy atom. The third-order valence-electron chi connectivity index (χ3n) is 2.64. The number of hydrogen-bond donors (Lipinski definition) is 3. The normalized spacial score (nSPS) is 12.2. The molecule has 0 aliphatic carbocycles. The second-order valence-electron chi connectivity index (χ2n) is 4.35. The van der Waals surface area contributed by atoms with Crippen LogP contribution in [0.15, 0.2) is 12.1 Å². The Morgan fingerprint density at radius 3 is 2.83 bits per heavy atom. The molecule has 100 valence electrons. The van der Waals surface area contributed by atoms with Gasteiger partial charge in [0, 0.05) is 12.2 Å². The minimum Gasteiger partial charge on any atom is -0.399 e. The molecule has 0 radical (unpaired) electrons. The number of carbonyl (C=O) groups excluding carboxylic acids is 1. The van der Waals surface area contributed by atoms with Crippen LogP contribution in [0.2, 0.25) is 0 Å². The van der Waals surface area contributed by atoms with Gasteiger partial charge in [-0.05, 0) is 31.0 Å². The number of nitrogens with one attached hydrogen (secondary N) is 1. The number of amides is 1. The van der Waals surface area contributed by atoms with Gasteiger partial charge in [0.15, 0.2) is 0 Å². The van der Waals surface area contributed by atoms with E-state index < -0.39 is 17.8 Å². The molecule has 0 bridgehead atoms. The van der Waals surface area contributed by atoms with Crippen LogP contribution in [0, 0.1) is 12.7 Å². The van der Waals surface area contributed by atoms with Crippen LogP contribution in [-0.4, -0.2) is 23.7 Å². The number of halogens is 1. The molecule has 5 heteroatoms. The van der Waals surface area contributed by atoms with Crippen molar-refractivity contribution < 1.29 is 14.3 Å². The summed E-state index contributed by atoms with van der Waals surface area (Å²) in [5.74, 6) is -1.13. The summed E-state index contributed by atoms with van der Waals surface area (Å²) in [4.78, 5) is 11.8. The van der Waals surface area contributed by atoms with Gasteiger partial charge < -0.3 is 16.2 Å². The highest BCUT2D eigenvalue weighted by atomic mass is 19.1. The van der Waals surface area contributed by atoms with Gasteiger partial charge in [0.25, 0.3) is 5.91 Å². The summed E-state index contributed by atoms with van der Waals surface area (Å²) in [5, 5.41) is 12.0. The first-order valence-electron chi connectivity index (χ1n) is 5.97. The van der Waals surface area contributed by atoms with Crippen LogP contribution in [0.3, 0.4) is 0 Å². The van der Waals surface area contributed by atoms with Gasteiger partial charge in [-0.2, -0.15) is 0 Å². The number of rotatable bonds is 5. The van der Waals surface area contributed by atoms with Crippen molar-refractivity contribution in [2.75, 3.05) is 12.3 Å². The summed E-state index contributed by atoms with van der Waals surface area (Å²) in [6, 6.07) is 2.77. The highest BCUT2D eigenvalue weighted by Gasteiger charge is 2.15. The third kappa shape index (κ3) is 3.70. The predicted molar refractivity (Wildman–Crippen MR) is 68.8 cm³/mol. The Labute approximate surface area is 106 Å². The molecule has 0 heterocycles. The molecule has 0 saturated carbocycles. The molecule has 1 atom stereocenters. The van der Waals surface area contributed by atoms with Gasteiger partial charge >= 0.3 is 0 Å². The lowest BCUT2D eigenvalue weighted by Gasteiger charge is -2.12. The zero-order chi connectivity index (χ0) is 13.7. The number of nitrogens with two attached hydrogens (primary N) is 1. The Hall–Kier alpha value is -1.62. The summed E-state index contributed by atoms with van der Waals surface area (Å²) >= 11 is 0. The average molecular weight is 254 g/mol. The molecule has 1 unspecified atom stereocenters. The maximum absolute atomic E-state index is 13.7. The summed E-state index contributed by atoms with van der Waals surface area (Å²) in [6.07, 6.45) is 0.811. The standard InChI is InChI=1S/C13H19FN2O2/c1-3-4-10(17)7-16-13(18)11-6-9(15)5-8(2)12(11)14/h5-6,10,17H,3-4,7,15H2,1-2H3,(H,16,18). The van der Waals surface area contributed by atoms with Gasteiger partial charge in [-0.15, -0.1) is 0 Å². The number of aliphatic hydroxyl groups excluding tert-OH is 1. The Balaban J connectivity index is 2.73. The molecule has 1 rings (SSSR count). The van der Waals surface area contributed by atoms with Crippen molar-refractivity contribution in [1.82, 2.24) is 5.32 Å². The first kappa shape index (κ1) is 14.4. The maximum Gasteiger partial charge on any atom is 0.254 e. The lowest BCUT2D eigenvalue weighted by molar-refractivity contribution is 0.0906. The molecule has 1 amide bonds. The Bertz CT molecular complexity index is 435. The van der Waals surface area contributed by atoms with Crippen molar-refractivity contribution in [3.8, 4) is 0 Å². The predicted octanol–water partition coefficient (Wildman–Crippen LogP) is 1.61. The highest BCUT2D eigenvalue weighted by molar-refractivity contribution is 5.95. The molecule has 18 heavy (non-hydrogen) atoms. The summed E-state index contributed by atoms with van der Waals surface area (Å²) in [5.41, 5.74) is 6.16. The van der Waals surface area contributed by atoms with Crippen molar-refractivity contribution in [3.05, 3.63) is 29.1 Å². The number of aliphatic hydroxyl groups is 1. The van der Waals surface area contributed by atoms with Crippen molar-refractivity contribution in [2.45, 2.75) is 32.8 Å². The van der Waals surface area contributed by atoms with E-state index in [9.17, 15) is 14.3 Å². The van der Waals surface area contributed by atoms with Crippen molar-refractivity contribution in [1.29, 1.82) is 0 Å². The largest absolute Gasteiger partial charge is 0.399 e. The van der Waals surface area contributed by atoms with E-state index in [4.69, 9.17) is 5.73 Å². The fourth-order valence-corrected chi connectivity index (χ4v) is 1.70. The Kier molecular flexibility index (Phi) is 5.09. The third-order valence-corrected chi connectivity index (χ3v) is 2.64. The topological polar surface area (TPSA) is 75.3 Å². The zero-order valence-corrected chi connectivity index (χ0v) is 10.7. The maximum atomic E-state index is 13.7. The van der Waals surface area contributed by atoms with E-state index in [0.29, 0.717) is 17.7 Å². The molecule has 0 aliphatic rings. The van der Waals surface area contributed by atoms with E-state index in [2.05, 4.69) is 5.32 Å². The molecule has 0 saturated heterocycles. The summed E-state index contributed by atoms with van der Waals surface area (Å²) in [6.45, 7) is 3.60. The van der Waals surface area contributed by atoms with E-state index >= 15 is 0 Å². The average Bonchev–Trinajstić information content (AvgIpc) is 2.31. The lowest BCUT2D eigenvalue weighted by Crippen LogP contribution is -2.32. The molecule has 1 aromatic carbocycles. The van der Waals surface area contributed by atoms with Crippen LogP contribution in [-0.2, 0) is 0 Å². The van der Waals surface area contributed by atoms with Gasteiger partial charge in [0.1, 0.15) is 5.82 Å². The highest BCUT2D eigenvalue weighted by Crippen LogP contribution is 2.16. The van der Waals surface area contributed by atoms with Crippen LogP contribution in [0.5, 0.6) is 0 Å². The van der Waals surface area contributed by atoms with Gasteiger partial charge in [-0.3, -0.25) is 4.79 Å². The molecule has 4 nitrogen and oxygen atoms in total. The number of nitrogen functional groups attached to an aromatic ring is 1. The van der Waals surface area contributed by atoms with Crippen LogP contribution >= 0.6 is 0 Å². The lowest BCUT2D eigenvalue weighted by atomic mass is 10.1. The van der Waals surface area contributed by atoms with Gasteiger partial charge in [0.2, 0.25) is 0 Å². The van der Waals surface area contributed by atoms with Crippen molar-refractivity contribution in [2.24, 2.45) is 0 Å². The summed E-state index contributed by atoms with van der Waals surface area (Å²) in [7, 11) is 0. The number of aryl methyl sites for hydroxylation is 1.